The Morgan fingerprint density at radius 3 is 2.18 bits per heavy atom. The summed E-state index contributed by atoms with van der Waals surface area (Å²) in [7, 11) is 3.16. The molecule has 1 saturated heterocycles. The average molecular weight is 306 g/mol. The molecule has 0 spiro atoms. The van der Waals surface area contributed by atoms with Crippen LogP contribution in [0, 0.1) is 10.1 Å². The molecule has 1 fully saturated rings. The van der Waals surface area contributed by atoms with Crippen molar-refractivity contribution in [2.24, 2.45) is 0 Å². The maximum absolute atomic E-state index is 11.3. The van der Waals surface area contributed by atoms with Crippen LogP contribution >= 0.6 is 0 Å². The smallest absolute Gasteiger partial charge is 0.399 e. The summed E-state index contributed by atoms with van der Waals surface area (Å²) in [6.45, 7) is 8.33. The highest BCUT2D eigenvalue weighted by Crippen LogP contribution is 2.37. The summed E-state index contributed by atoms with van der Waals surface area (Å²) in [5, 5.41) is 11.3. The molecular formula is C15H23BN2O4. The first-order valence-corrected chi connectivity index (χ1v) is 7.32. The summed E-state index contributed by atoms with van der Waals surface area (Å²) < 4.78 is 12.1. The first kappa shape index (κ1) is 16.9. The van der Waals surface area contributed by atoms with Gasteiger partial charge in [0, 0.05) is 18.2 Å². The second kappa shape index (κ2) is 5.64. The topological polar surface area (TPSA) is 64.8 Å². The van der Waals surface area contributed by atoms with Gasteiger partial charge in [0.1, 0.15) is 0 Å². The molecule has 0 bridgehead atoms. The Bertz CT molecular complexity index is 571. The highest BCUT2D eigenvalue weighted by Gasteiger charge is 2.52. The molecule has 0 N–H and O–H groups in total. The monoisotopic (exact) mass is 306 g/mol. The van der Waals surface area contributed by atoms with Crippen molar-refractivity contribution in [2.45, 2.75) is 45.4 Å². The fourth-order valence-corrected chi connectivity index (χ4v) is 2.44. The van der Waals surface area contributed by atoms with E-state index in [2.05, 4.69) is 0 Å². The highest BCUT2D eigenvalue weighted by molar-refractivity contribution is 6.62. The van der Waals surface area contributed by atoms with E-state index in [0.717, 1.165) is 5.46 Å². The van der Waals surface area contributed by atoms with E-state index in [9.17, 15) is 10.1 Å². The predicted molar refractivity (Wildman–Crippen MR) is 86.2 cm³/mol. The van der Waals surface area contributed by atoms with Crippen LogP contribution in [0.25, 0.3) is 0 Å². The summed E-state index contributed by atoms with van der Waals surface area (Å²) in [5.41, 5.74) is 0.508. The molecule has 0 amide bonds. The Hall–Kier alpha value is -1.44. The zero-order valence-electron chi connectivity index (χ0n) is 14.0. The Labute approximate surface area is 131 Å². The van der Waals surface area contributed by atoms with Crippen LogP contribution in [0.15, 0.2) is 18.2 Å². The van der Waals surface area contributed by atoms with Gasteiger partial charge in [-0.3, -0.25) is 10.1 Å². The lowest BCUT2D eigenvalue weighted by Gasteiger charge is -2.32. The van der Waals surface area contributed by atoms with E-state index in [0.29, 0.717) is 12.1 Å². The van der Waals surface area contributed by atoms with Crippen molar-refractivity contribution in [3.63, 3.8) is 0 Å². The zero-order chi connectivity index (χ0) is 16.7. The molecule has 1 aliphatic heterocycles. The lowest BCUT2D eigenvalue weighted by molar-refractivity contribution is -0.385. The van der Waals surface area contributed by atoms with Crippen molar-refractivity contribution in [1.82, 2.24) is 4.90 Å². The molecular weight excluding hydrogens is 283 g/mol. The largest absolute Gasteiger partial charge is 0.495 e. The van der Waals surface area contributed by atoms with E-state index in [4.69, 9.17) is 9.31 Å². The van der Waals surface area contributed by atoms with Gasteiger partial charge < -0.3 is 14.2 Å². The summed E-state index contributed by atoms with van der Waals surface area (Å²) >= 11 is 0. The number of nitro benzene ring substituents is 1. The second-order valence-electron chi connectivity index (χ2n) is 6.93. The molecule has 22 heavy (non-hydrogen) atoms. The summed E-state index contributed by atoms with van der Waals surface area (Å²) in [6, 6.07) is 5.04. The minimum Gasteiger partial charge on any atom is -0.399 e. The van der Waals surface area contributed by atoms with Crippen LogP contribution in [0.4, 0.5) is 5.69 Å². The lowest BCUT2D eigenvalue weighted by atomic mass is 9.75. The quantitative estimate of drug-likeness (QED) is 0.483. The van der Waals surface area contributed by atoms with E-state index in [-0.39, 0.29) is 10.6 Å². The van der Waals surface area contributed by atoms with Crippen molar-refractivity contribution in [1.29, 1.82) is 0 Å². The fraction of sp³-hybridized carbons (Fsp3) is 0.600. The number of nitro groups is 1. The van der Waals surface area contributed by atoms with Crippen LogP contribution in [0.1, 0.15) is 33.3 Å². The summed E-state index contributed by atoms with van der Waals surface area (Å²) in [4.78, 5) is 12.9. The van der Waals surface area contributed by atoms with E-state index < -0.39 is 18.3 Å². The Balaban J connectivity index is 2.48. The molecule has 0 aliphatic carbocycles. The van der Waals surface area contributed by atoms with Crippen molar-refractivity contribution >= 4 is 18.3 Å². The number of nitrogens with zero attached hydrogens (tertiary/aromatic N) is 2. The molecule has 1 aromatic rings. The van der Waals surface area contributed by atoms with Crippen LogP contribution in [-0.4, -0.2) is 42.2 Å². The van der Waals surface area contributed by atoms with Crippen molar-refractivity contribution in [3.8, 4) is 0 Å². The molecule has 6 nitrogen and oxygen atoms in total. The molecule has 120 valence electrons. The molecule has 0 saturated carbocycles. The van der Waals surface area contributed by atoms with E-state index in [1.807, 2.05) is 52.8 Å². The predicted octanol–water partition coefficient (Wildman–Crippen LogP) is 1.96. The van der Waals surface area contributed by atoms with Gasteiger partial charge in [0.25, 0.3) is 5.69 Å². The fourth-order valence-electron chi connectivity index (χ4n) is 2.44. The third kappa shape index (κ3) is 3.02. The Morgan fingerprint density at radius 2 is 1.73 bits per heavy atom. The van der Waals surface area contributed by atoms with Gasteiger partial charge in [-0.15, -0.1) is 0 Å². The van der Waals surface area contributed by atoms with Gasteiger partial charge in [-0.05, 0) is 47.3 Å². The average Bonchev–Trinajstić information content (AvgIpc) is 2.57. The van der Waals surface area contributed by atoms with Crippen LogP contribution in [-0.2, 0) is 15.9 Å². The van der Waals surface area contributed by atoms with Crippen molar-refractivity contribution in [3.05, 3.63) is 33.9 Å². The molecule has 1 heterocycles. The third-order valence-electron chi connectivity index (χ3n) is 4.37. The van der Waals surface area contributed by atoms with Gasteiger partial charge in [0.05, 0.1) is 16.1 Å². The summed E-state index contributed by atoms with van der Waals surface area (Å²) in [5.74, 6) is 0. The minimum absolute atomic E-state index is 0.0981. The van der Waals surface area contributed by atoms with Crippen LogP contribution < -0.4 is 5.46 Å². The van der Waals surface area contributed by atoms with Gasteiger partial charge in [0.2, 0.25) is 0 Å². The number of benzene rings is 1. The van der Waals surface area contributed by atoms with Gasteiger partial charge >= 0.3 is 7.12 Å². The molecule has 0 aromatic heterocycles. The number of hydrogen-bond acceptors (Lipinski definition) is 5. The normalized spacial score (nSPS) is 19.7. The van der Waals surface area contributed by atoms with Crippen LogP contribution in [0.2, 0.25) is 0 Å². The van der Waals surface area contributed by atoms with Crippen LogP contribution in [0.5, 0.6) is 0 Å². The Morgan fingerprint density at radius 1 is 1.18 bits per heavy atom. The minimum atomic E-state index is -0.597. The van der Waals surface area contributed by atoms with E-state index in [1.54, 1.807) is 6.07 Å². The lowest BCUT2D eigenvalue weighted by Crippen LogP contribution is -2.41. The molecule has 1 aromatic carbocycles. The van der Waals surface area contributed by atoms with Crippen molar-refractivity contribution < 1.29 is 14.2 Å². The van der Waals surface area contributed by atoms with Gasteiger partial charge in [0.15, 0.2) is 0 Å². The zero-order valence-corrected chi connectivity index (χ0v) is 14.0. The molecule has 7 heteroatoms. The third-order valence-corrected chi connectivity index (χ3v) is 4.37. The van der Waals surface area contributed by atoms with Gasteiger partial charge in [-0.2, -0.15) is 0 Å². The molecule has 2 rings (SSSR count). The SMILES string of the molecule is CN(C)Cc1c(B2OC(C)(C)C(C)(C)O2)cccc1[N+](=O)[O-]. The molecule has 0 unspecified atom stereocenters. The standard InChI is InChI=1S/C15H23BN2O4/c1-14(2)15(3,4)22-16(21-14)12-8-7-9-13(18(19)20)11(12)10-17(5)6/h7-9H,10H2,1-6H3. The number of rotatable bonds is 4. The maximum atomic E-state index is 11.3. The van der Waals surface area contributed by atoms with E-state index >= 15 is 0 Å². The molecule has 1 aliphatic rings. The Kier molecular flexibility index (Phi) is 4.34. The first-order valence-electron chi connectivity index (χ1n) is 7.32. The second-order valence-corrected chi connectivity index (χ2v) is 6.93. The maximum Gasteiger partial charge on any atom is 0.495 e. The highest BCUT2D eigenvalue weighted by atomic mass is 16.7. The van der Waals surface area contributed by atoms with Gasteiger partial charge in [-0.1, -0.05) is 12.1 Å². The van der Waals surface area contributed by atoms with Crippen molar-refractivity contribution in [2.75, 3.05) is 14.1 Å². The summed E-state index contributed by atoms with van der Waals surface area (Å²) in [6.07, 6.45) is 0. The van der Waals surface area contributed by atoms with E-state index in [1.165, 1.54) is 6.07 Å². The van der Waals surface area contributed by atoms with Gasteiger partial charge in [-0.25, -0.2) is 0 Å². The number of hydrogen-bond donors (Lipinski definition) is 0. The van der Waals surface area contributed by atoms with Crippen LogP contribution in [0.3, 0.4) is 0 Å². The molecule has 0 radical (unpaired) electrons. The first-order chi connectivity index (χ1) is 10.0. The molecule has 0 atom stereocenters.